The van der Waals surface area contributed by atoms with Gasteiger partial charge in [-0.05, 0) is 59.6 Å². The van der Waals surface area contributed by atoms with E-state index in [1.807, 2.05) is 0 Å². The Morgan fingerprint density at radius 3 is 2.04 bits per heavy atom. The Labute approximate surface area is 145 Å². The highest BCUT2D eigenvalue weighted by molar-refractivity contribution is 6.02. The molecule has 0 amide bonds. The van der Waals surface area contributed by atoms with Gasteiger partial charge in [-0.2, -0.15) is 0 Å². The highest BCUT2D eigenvalue weighted by Gasteiger charge is 2.36. The number of rotatable bonds is 4. The standard InChI is InChI=1S/C21H29NO2/c1-13(2)17-10-16(24-5)11-18(14(3)4)19(17)12-20-21(23)15-6-8-22(20)9-7-15/h10-15H,6-9H2,1-5H3/b20-12+. The lowest BCUT2D eigenvalue weighted by Crippen LogP contribution is -2.45. The van der Waals surface area contributed by atoms with Crippen LogP contribution >= 0.6 is 0 Å². The van der Waals surface area contributed by atoms with Crippen molar-refractivity contribution in [1.82, 2.24) is 4.90 Å². The van der Waals surface area contributed by atoms with E-state index in [-0.39, 0.29) is 5.92 Å². The molecule has 3 saturated heterocycles. The molecule has 0 N–H and O–H groups in total. The minimum atomic E-state index is 0.240. The molecule has 3 aliphatic heterocycles. The number of ketones is 1. The molecule has 1 aromatic carbocycles. The van der Waals surface area contributed by atoms with E-state index < -0.39 is 0 Å². The minimum absolute atomic E-state index is 0.240. The monoisotopic (exact) mass is 327 g/mol. The largest absolute Gasteiger partial charge is 0.497 e. The van der Waals surface area contributed by atoms with Crippen LogP contribution in [-0.4, -0.2) is 30.9 Å². The highest BCUT2D eigenvalue weighted by Crippen LogP contribution is 2.37. The fourth-order valence-corrected chi connectivity index (χ4v) is 3.96. The Bertz CT molecular complexity index is 635. The molecule has 0 radical (unpaired) electrons. The van der Waals surface area contributed by atoms with Crippen molar-refractivity contribution in [3.05, 3.63) is 34.5 Å². The normalized spacial score (nSPS) is 19.9. The Hall–Kier alpha value is -1.77. The maximum Gasteiger partial charge on any atom is 0.182 e. The number of benzene rings is 1. The number of carbonyl (C=O) groups is 1. The Morgan fingerprint density at radius 2 is 1.62 bits per heavy atom. The lowest BCUT2D eigenvalue weighted by molar-refractivity contribution is -0.125. The Kier molecular flexibility index (Phi) is 4.71. The molecule has 1 aromatic rings. The van der Waals surface area contributed by atoms with Crippen LogP contribution in [0.25, 0.3) is 6.08 Å². The van der Waals surface area contributed by atoms with Gasteiger partial charge in [-0.1, -0.05) is 27.7 Å². The van der Waals surface area contributed by atoms with E-state index in [9.17, 15) is 4.79 Å². The fourth-order valence-electron chi connectivity index (χ4n) is 3.96. The van der Waals surface area contributed by atoms with Crippen molar-refractivity contribution in [3.8, 4) is 5.75 Å². The Morgan fingerprint density at radius 1 is 1.08 bits per heavy atom. The molecule has 0 aromatic heterocycles. The van der Waals surface area contributed by atoms with Gasteiger partial charge in [-0.15, -0.1) is 0 Å². The first-order valence-corrected chi connectivity index (χ1v) is 9.15. The third kappa shape index (κ3) is 2.97. The second-order valence-electron chi connectivity index (χ2n) is 7.68. The maximum absolute atomic E-state index is 12.7. The molecule has 2 bridgehead atoms. The number of fused-ring (bicyclic) bond motifs is 3. The second kappa shape index (κ2) is 6.62. The lowest BCUT2D eigenvalue weighted by atomic mass is 9.82. The maximum atomic E-state index is 12.7. The summed E-state index contributed by atoms with van der Waals surface area (Å²) in [5, 5.41) is 0. The molecule has 0 spiro atoms. The molecule has 4 rings (SSSR count). The minimum Gasteiger partial charge on any atom is -0.497 e. The van der Waals surface area contributed by atoms with Crippen LogP contribution in [0.3, 0.4) is 0 Å². The third-order valence-corrected chi connectivity index (χ3v) is 5.44. The molecule has 3 fully saturated rings. The number of allylic oxidation sites excluding steroid dienone is 1. The summed E-state index contributed by atoms with van der Waals surface area (Å²) in [4.78, 5) is 15.0. The van der Waals surface area contributed by atoms with Crippen LogP contribution in [-0.2, 0) is 4.79 Å². The first-order valence-electron chi connectivity index (χ1n) is 9.15. The van der Waals surface area contributed by atoms with Gasteiger partial charge in [0.1, 0.15) is 5.75 Å². The lowest BCUT2D eigenvalue weighted by Gasteiger charge is -2.41. The van der Waals surface area contributed by atoms with E-state index in [0.717, 1.165) is 37.4 Å². The van der Waals surface area contributed by atoms with Gasteiger partial charge in [0.25, 0.3) is 0 Å². The van der Waals surface area contributed by atoms with Crippen molar-refractivity contribution < 1.29 is 9.53 Å². The molecule has 0 saturated carbocycles. The van der Waals surface area contributed by atoms with Gasteiger partial charge in [0.2, 0.25) is 0 Å². The summed E-state index contributed by atoms with van der Waals surface area (Å²) in [5.74, 6) is 2.25. The number of Topliss-reactive ketones (excluding diaryl/α,β-unsaturated/α-hetero) is 1. The summed E-state index contributed by atoms with van der Waals surface area (Å²) < 4.78 is 5.51. The van der Waals surface area contributed by atoms with Crippen LogP contribution in [0, 0.1) is 5.92 Å². The van der Waals surface area contributed by atoms with E-state index >= 15 is 0 Å². The zero-order valence-electron chi connectivity index (χ0n) is 15.6. The number of piperidine rings is 3. The van der Waals surface area contributed by atoms with Crippen molar-refractivity contribution in [2.45, 2.75) is 52.4 Å². The van der Waals surface area contributed by atoms with Crippen molar-refractivity contribution in [2.24, 2.45) is 5.92 Å². The summed E-state index contributed by atoms with van der Waals surface area (Å²) in [5.41, 5.74) is 4.67. The molecular weight excluding hydrogens is 298 g/mol. The molecule has 3 aliphatic rings. The molecule has 0 atom stereocenters. The summed E-state index contributed by atoms with van der Waals surface area (Å²) in [6.07, 6.45) is 4.21. The van der Waals surface area contributed by atoms with Gasteiger partial charge >= 0.3 is 0 Å². The quantitative estimate of drug-likeness (QED) is 0.758. The molecule has 3 heteroatoms. The SMILES string of the molecule is COc1cc(C(C)C)c(/C=C2\C(=O)C3CCN2CC3)c(C(C)C)c1. The number of nitrogens with zero attached hydrogens (tertiary/aromatic N) is 1. The van der Waals surface area contributed by atoms with Crippen LogP contribution in [0.15, 0.2) is 17.8 Å². The highest BCUT2D eigenvalue weighted by atomic mass is 16.5. The number of carbonyl (C=O) groups excluding carboxylic acids is 1. The van der Waals surface area contributed by atoms with Crippen molar-refractivity contribution in [2.75, 3.05) is 20.2 Å². The second-order valence-corrected chi connectivity index (χ2v) is 7.68. The summed E-state index contributed by atoms with van der Waals surface area (Å²) in [7, 11) is 1.72. The van der Waals surface area contributed by atoms with Gasteiger partial charge in [0, 0.05) is 19.0 Å². The number of ether oxygens (including phenoxy) is 1. The molecule has 0 unspecified atom stereocenters. The van der Waals surface area contributed by atoms with E-state index in [4.69, 9.17) is 4.74 Å². The first-order chi connectivity index (χ1) is 11.4. The zero-order valence-corrected chi connectivity index (χ0v) is 15.6. The summed E-state index contributed by atoms with van der Waals surface area (Å²) in [6, 6.07) is 4.26. The summed E-state index contributed by atoms with van der Waals surface area (Å²) in [6.45, 7) is 10.9. The summed E-state index contributed by atoms with van der Waals surface area (Å²) >= 11 is 0. The van der Waals surface area contributed by atoms with Crippen molar-refractivity contribution >= 4 is 11.9 Å². The topological polar surface area (TPSA) is 29.5 Å². The number of hydrogen-bond acceptors (Lipinski definition) is 3. The van der Waals surface area contributed by atoms with Gasteiger partial charge in [0.05, 0.1) is 12.8 Å². The van der Waals surface area contributed by atoms with Crippen molar-refractivity contribution in [1.29, 1.82) is 0 Å². The van der Waals surface area contributed by atoms with Gasteiger partial charge in [0.15, 0.2) is 5.78 Å². The molecular formula is C21H29NO2. The smallest absolute Gasteiger partial charge is 0.182 e. The fraction of sp³-hybridized carbons (Fsp3) is 0.571. The molecule has 0 aliphatic carbocycles. The van der Waals surface area contributed by atoms with E-state index in [1.54, 1.807) is 7.11 Å². The van der Waals surface area contributed by atoms with E-state index in [1.165, 1.54) is 16.7 Å². The predicted octanol–water partition coefficient (Wildman–Crippen LogP) is 4.58. The van der Waals surface area contributed by atoms with Gasteiger partial charge in [-0.3, -0.25) is 4.79 Å². The van der Waals surface area contributed by atoms with Gasteiger partial charge in [-0.25, -0.2) is 0 Å². The third-order valence-electron chi connectivity index (χ3n) is 5.44. The van der Waals surface area contributed by atoms with E-state index in [0.29, 0.717) is 17.6 Å². The zero-order chi connectivity index (χ0) is 17.4. The van der Waals surface area contributed by atoms with Crippen LogP contribution in [0.1, 0.15) is 69.1 Å². The van der Waals surface area contributed by atoms with Gasteiger partial charge < -0.3 is 9.64 Å². The molecule has 130 valence electrons. The average molecular weight is 327 g/mol. The first kappa shape index (κ1) is 17.1. The molecule has 3 heterocycles. The predicted molar refractivity (Wildman–Crippen MR) is 98.5 cm³/mol. The van der Waals surface area contributed by atoms with E-state index in [2.05, 4.69) is 50.8 Å². The van der Waals surface area contributed by atoms with Crippen LogP contribution in [0.5, 0.6) is 5.75 Å². The molecule has 24 heavy (non-hydrogen) atoms. The number of methoxy groups -OCH3 is 1. The van der Waals surface area contributed by atoms with Crippen LogP contribution in [0.2, 0.25) is 0 Å². The Balaban J connectivity index is 2.15. The van der Waals surface area contributed by atoms with Crippen LogP contribution in [0.4, 0.5) is 0 Å². The molecule has 3 nitrogen and oxygen atoms in total. The number of hydrogen-bond donors (Lipinski definition) is 0. The van der Waals surface area contributed by atoms with Crippen molar-refractivity contribution in [3.63, 3.8) is 0 Å². The average Bonchev–Trinajstić information content (AvgIpc) is 2.57. The van der Waals surface area contributed by atoms with Crippen LogP contribution < -0.4 is 4.74 Å².